The van der Waals surface area contributed by atoms with Gasteiger partial charge in [-0.3, -0.25) is 4.90 Å². The molecule has 2 fully saturated rings. The SMILES string of the molecule is CCCCSc1nsnc1C1CCC2CN1CC2O. The normalized spacial score (nSPS) is 33.8. The molecule has 2 aliphatic rings. The van der Waals surface area contributed by atoms with E-state index in [0.717, 1.165) is 36.7 Å². The van der Waals surface area contributed by atoms with E-state index in [1.54, 1.807) is 0 Å². The van der Waals surface area contributed by atoms with E-state index in [0.29, 0.717) is 12.0 Å². The molecule has 2 bridgehead atoms. The number of aromatic nitrogens is 2. The van der Waals surface area contributed by atoms with Crippen LogP contribution in [0.25, 0.3) is 0 Å². The molecule has 6 heteroatoms. The highest BCUT2D eigenvalue weighted by atomic mass is 32.2. The van der Waals surface area contributed by atoms with Crippen molar-refractivity contribution in [3.63, 3.8) is 0 Å². The number of hydrogen-bond acceptors (Lipinski definition) is 6. The van der Waals surface area contributed by atoms with Crippen molar-refractivity contribution in [2.45, 2.75) is 49.8 Å². The monoisotopic (exact) mass is 299 g/mol. The van der Waals surface area contributed by atoms with Gasteiger partial charge in [-0.25, -0.2) is 0 Å². The number of aliphatic hydroxyl groups is 1. The number of rotatable bonds is 5. The van der Waals surface area contributed by atoms with Gasteiger partial charge < -0.3 is 5.11 Å². The summed E-state index contributed by atoms with van der Waals surface area (Å²) in [5.74, 6) is 1.62. The molecule has 0 saturated carbocycles. The summed E-state index contributed by atoms with van der Waals surface area (Å²) in [5, 5.41) is 11.1. The van der Waals surface area contributed by atoms with E-state index in [9.17, 15) is 5.11 Å². The molecule has 4 nitrogen and oxygen atoms in total. The van der Waals surface area contributed by atoms with Crippen LogP contribution in [0.5, 0.6) is 0 Å². The van der Waals surface area contributed by atoms with E-state index in [4.69, 9.17) is 0 Å². The molecule has 106 valence electrons. The molecular weight excluding hydrogens is 278 g/mol. The van der Waals surface area contributed by atoms with Crippen LogP contribution >= 0.6 is 23.5 Å². The number of thioether (sulfide) groups is 1. The van der Waals surface area contributed by atoms with Crippen LogP contribution < -0.4 is 0 Å². The molecule has 1 N–H and O–H groups in total. The van der Waals surface area contributed by atoms with Crippen LogP contribution in [0.3, 0.4) is 0 Å². The van der Waals surface area contributed by atoms with Crippen molar-refractivity contribution in [1.82, 2.24) is 13.6 Å². The zero-order valence-corrected chi connectivity index (χ0v) is 12.9. The first-order valence-corrected chi connectivity index (χ1v) is 8.88. The van der Waals surface area contributed by atoms with Gasteiger partial charge in [0.05, 0.1) is 23.9 Å². The van der Waals surface area contributed by atoms with Crippen LogP contribution in [-0.4, -0.2) is 43.7 Å². The van der Waals surface area contributed by atoms with E-state index in [2.05, 4.69) is 20.6 Å². The molecule has 1 aromatic heterocycles. The van der Waals surface area contributed by atoms with Gasteiger partial charge in [0.15, 0.2) is 0 Å². The van der Waals surface area contributed by atoms with Crippen molar-refractivity contribution in [3.8, 4) is 0 Å². The fraction of sp³-hybridized carbons (Fsp3) is 0.846. The Morgan fingerprint density at radius 2 is 2.26 bits per heavy atom. The predicted octanol–water partition coefficient (Wildman–Crippen LogP) is 2.56. The van der Waals surface area contributed by atoms with Gasteiger partial charge in [0.25, 0.3) is 0 Å². The number of unbranched alkanes of at least 4 members (excludes halogenated alkanes) is 1. The topological polar surface area (TPSA) is 49.2 Å². The lowest BCUT2D eigenvalue weighted by Gasteiger charge is -2.30. The standard InChI is InChI=1S/C13H21N3OS2/c1-2-3-6-18-13-12(14-19-15-13)10-5-4-9-7-16(10)8-11(9)17/h9-11,17H,2-8H2,1H3. The van der Waals surface area contributed by atoms with Gasteiger partial charge in [-0.2, -0.15) is 8.75 Å². The summed E-state index contributed by atoms with van der Waals surface area (Å²) in [6.07, 6.45) is 4.57. The maximum atomic E-state index is 9.98. The summed E-state index contributed by atoms with van der Waals surface area (Å²) in [6, 6.07) is 0.385. The predicted molar refractivity (Wildman–Crippen MR) is 78.6 cm³/mol. The Labute approximate surface area is 122 Å². The first-order chi connectivity index (χ1) is 9.29. The Balaban J connectivity index is 1.70. The molecule has 0 spiro atoms. The van der Waals surface area contributed by atoms with Crippen LogP contribution in [0.4, 0.5) is 0 Å². The number of aliphatic hydroxyl groups excluding tert-OH is 1. The van der Waals surface area contributed by atoms with Gasteiger partial charge in [0, 0.05) is 13.1 Å². The average Bonchev–Trinajstić information content (AvgIpc) is 2.97. The molecule has 0 aliphatic carbocycles. The zero-order chi connectivity index (χ0) is 13.2. The van der Waals surface area contributed by atoms with Crippen molar-refractivity contribution in [2.24, 2.45) is 5.92 Å². The molecule has 19 heavy (non-hydrogen) atoms. The van der Waals surface area contributed by atoms with E-state index in [1.165, 1.54) is 30.3 Å². The number of fused-ring (bicyclic) bond motifs is 2. The van der Waals surface area contributed by atoms with Crippen LogP contribution in [0.1, 0.15) is 44.3 Å². The molecule has 1 aromatic rings. The minimum Gasteiger partial charge on any atom is -0.391 e. The van der Waals surface area contributed by atoms with E-state index in [-0.39, 0.29) is 6.10 Å². The van der Waals surface area contributed by atoms with Crippen LogP contribution in [0.15, 0.2) is 5.03 Å². The molecular formula is C13H21N3OS2. The lowest BCUT2D eigenvalue weighted by molar-refractivity contribution is 0.144. The summed E-state index contributed by atoms with van der Waals surface area (Å²) in [4.78, 5) is 2.40. The third-order valence-corrected chi connectivity index (χ3v) is 5.95. The Hall–Kier alpha value is -0.170. The maximum absolute atomic E-state index is 9.98. The van der Waals surface area contributed by atoms with E-state index >= 15 is 0 Å². The largest absolute Gasteiger partial charge is 0.391 e. The Morgan fingerprint density at radius 3 is 3.11 bits per heavy atom. The average molecular weight is 299 g/mol. The first-order valence-electron chi connectivity index (χ1n) is 7.17. The third-order valence-electron chi connectivity index (χ3n) is 4.22. The van der Waals surface area contributed by atoms with Gasteiger partial charge in [-0.05, 0) is 30.9 Å². The van der Waals surface area contributed by atoms with Crippen molar-refractivity contribution in [2.75, 3.05) is 18.8 Å². The van der Waals surface area contributed by atoms with Crippen molar-refractivity contribution < 1.29 is 5.11 Å². The molecule has 0 aromatic carbocycles. The second-order valence-corrected chi connectivity index (χ2v) is 7.14. The highest BCUT2D eigenvalue weighted by molar-refractivity contribution is 7.99. The van der Waals surface area contributed by atoms with Crippen molar-refractivity contribution in [1.29, 1.82) is 0 Å². The van der Waals surface area contributed by atoms with Gasteiger partial charge in [0.2, 0.25) is 0 Å². The quantitative estimate of drug-likeness (QED) is 0.669. The Kier molecular flexibility index (Phi) is 4.41. The molecule has 3 rings (SSSR count). The summed E-state index contributed by atoms with van der Waals surface area (Å²) in [7, 11) is 0. The number of nitrogens with zero attached hydrogens (tertiary/aromatic N) is 3. The smallest absolute Gasteiger partial charge is 0.135 e. The first kappa shape index (κ1) is 13.8. The van der Waals surface area contributed by atoms with Gasteiger partial charge in [-0.1, -0.05) is 13.3 Å². The van der Waals surface area contributed by atoms with E-state index < -0.39 is 0 Å². The van der Waals surface area contributed by atoms with Crippen LogP contribution in [0, 0.1) is 5.92 Å². The molecule has 2 aliphatic heterocycles. The van der Waals surface area contributed by atoms with Crippen molar-refractivity contribution in [3.05, 3.63) is 5.69 Å². The Bertz CT molecular complexity index is 424. The van der Waals surface area contributed by atoms with Gasteiger partial charge in [0.1, 0.15) is 10.7 Å². The van der Waals surface area contributed by atoms with Gasteiger partial charge >= 0.3 is 0 Å². The zero-order valence-electron chi connectivity index (χ0n) is 11.3. The summed E-state index contributed by atoms with van der Waals surface area (Å²) < 4.78 is 9.02. The lowest BCUT2D eigenvalue weighted by atomic mass is 9.94. The van der Waals surface area contributed by atoms with Crippen LogP contribution in [-0.2, 0) is 0 Å². The molecule has 3 heterocycles. The molecule has 0 radical (unpaired) electrons. The molecule has 0 amide bonds. The number of hydrogen-bond donors (Lipinski definition) is 1. The van der Waals surface area contributed by atoms with Crippen LogP contribution in [0.2, 0.25) is 0 Å². The minimum absolute atomic E-state index is 0.132. The highest BCUT2D eigenvalue weighted by Crippen LogP contribution is 2.41. The number of piperidine rings is 1. The fourth-order valence-corrected chi connectivity index (χ4v) is 4.92. The molecule has 4 atom stereocenters. The summed E-state index contributed by atoms with van der Waals surface area (Å²) in [5.41, 5.74) is 1.17. The maximum Gasteiger partial charge on any atom is 0.135 e. The second-order valence-electron chi connectivity index (χ2n) is 5.53. The van der Waals surface area contributed by atoms with Gasteiger partial charge in [-0.15, -0.1) is 11.8 Å². The molecule has 2 saturated heterocycles. The van der Waals surface area contributed by atoms with E-state index in [1.807, 2.05) is 11.8 Å². The minimum atomic E-state index is -0.132. The summed E-state index contributed by atoms with van der Waals surface area (Å²) in [6.45, 7) is 4.06. The molecule has 4 unspecified atom stereocenters. The Morgan fingerprint density at radius 1 is 1.37 bits per heavy atom. The highest BCUT2D eigenvalue weighted by Gasteiger charge is 2.41. The van der Waals surface area contributed by atoms with Crippen molar-refractivity contribution >= 4 is 23.5 Å². The lowest BCUT2D eigenvalue weighted by Crippen LogP contribution is -2.31. The third kappa shape index (κ3) is 2.82. The second kappa shape index (κ2) is 6.08. The summed E-state index contributed by atoms with van der Waals surface area (Å²) >= 11 is 3.18. The fourth-order valence-electron chi connectivity index (χ4n) is 3.09.